The largest absolute Gasteiger partial charge is 0.465 e. The molecule has 0 aliphatic carbocycles. The second kappa shape index (κ2) is 4.78. The summed E-state index contributed by atoms with van der Waals surface area (Å²) >= 11 is 0. The van der Waals surface area contributed by atoms with Crippen LogP contribution in [0.3, 0.4) is 0 Å². The van der Waals surface area contributed by atoms with E-state index >= 15 is 0 Å². The number of esters is 1. The molecule has 0 amide bonds. The molecule has 0 heterocycles. The molecular formula is C14H21NO2. The molecule has 0 radical (unpaired) electrons. The molecule has 94 valence electrons. The van der Waals surface area contributed by atoms with E-state index in [0.29, 0.717) is 5.56 Å². The molecule has 2 N–H and O–H groups in total. The summed E-state index contributed by atoms with van der Waals surface area (Å²) in [6, 6.07) is 0. The molecule has 0 bridgehead atoms. The SMILES string of the molecule is COC(=O)c1c(C)c(C)c(N)c(C(C)C)c1C. The summed E-state index contributed by atoms with van der Waals surface area (Å²) in [5.41, 5.74) is 11.5. The number of rotatable bonds is 2. The van der Waals surface area contributed by atoms with Gasteiger partial charge in [0, 0.05) is 5.69 Å². The van der Waals surface area contributed by atoms with Gasteiger partial charge in [0.1, 0.15) is 0 Å². The van der Waals surface area contributed by atoms with Crippen molar-refractivity contribution >= 4 is 11.7 Å². The number of nitrogens with two attached hydrogens (primary N) is 1. The summed E-state index contributed by atoms with van der Waals surface area (Å²) in [5.74, 6) is 0.00251. The van der Waals surface area contributed by atoms with Crippen molar-refractivity contribution in [3.8, 4) is 0 Å². The van der Waals surface area contributed by atoms with Crippen molar-refractivity contribution < 1.29 is 9.53 Å². The van der Waals surface area contributed by atoms with E-state index < -0.39 is 0 Å². The van der Waals surface area contributed by atoms with E-state index in [9.17, 15) is 4.79 Å². The van der Waals surface area contributed by atoms with Crippen LogP contribution < -0.4 is 5.73 Å². The molecule has 0 aromatic heterocycles. The highest BCUT2D eigenvalue weighted by Gasteiger charge is 2.21. The van der Waals surface area contributed by atoms with Crippen molar-refractivity contribution in [2.75, 3.05) is 12.8 Å². The second-order valence-corrected chi connectivity index (χ2v) is 4.72. The summed E-state index contributed by atoms with van der Waals surface area (Å²) in [6.45, 7) is 9.95. The molecule has 3 heteroatoms. The molecule has 0 aliphatic heterocycles. The lowest BCUT2D eigenvalue weighted by molar-refractivity contribution is 0.0599. The lowest BCUT2D eigenvalue weighted by Crippen LogP contribution is -2.13. The number of benzene rings is 1. The van der Waals surface area contributed by atoms with Gasteiger partial charge >= 0.3 is 5.97 Å². The maximum atomic E-state index is 11.8. The number of methoxy groups -OCH3 is 1. The fraction of sp³-hybridized carbons (Fsp3) is 0.500. The van der Waals surface area contributed by atoms with Crippen LogP contribution in [0.15, 0.2) is 0 Å². The fourth-order valence-electron chi connectivity index (χ4n) is 2.36. The Bertz CT molecular complexity index is 462. The minimum atomic E-state index is -0.287. The number of carbonyl (C=O) groups excluding carboxylic acids is 1. The molecule has 1 aromatic carbocycles. The Balaban J connectivity index is 3.68. The summed E-state index contributed by atoms with van der Waals surface area (Å²) in [7, 11) is 1.40. The standard InChI is InChI=1S/C14H21NO2/c1-7(2)11-10(5)12(14(16)17-6)8(3)9(4)13(11)15/h7H,15H2,1-6H3. The van der Waals surface area contributed by atoms with Gasteiger partial charge in [0.25, 0.3) is 0 Å². The molecule has 0 spiro atoms. The summed E-state index contributed by atoms with van der Waals surface area (Å²) < 4.78 is 4.85. The smallest absolute Gasteiger partial charge is 0.338 e. The van der Waals surface area contributed by atoms with Gasteiger partial charge in [-0.25, -0.2) is 4.79 Å². The van der Waals surface area contributed by atoms with Crippen molar-refractivity contribution in [2.45, 2.75) is 40.5 Å². The molecule has 1 aromatic rings. The molecule has 0 saturated carbocycles. The van der Waals surface area contributed by atoms with Crippen LogP contribution in [0.2, 0.25) is 0 Å². The van der Waals surface area contributed by atoms with Crippen molar-refractivity contribution in [1.82, 2.24) is 0 Å². The average Bonchev–Trinajstić information content (AvgIpc) is 2.25. The first-order valence-corrected chi connectivity index (χ1v) is 5.80. The Morgan fingerprint density at radius 3 is 2.06 bits per heavy atom. The molecule has 0 aliphatic rings. The number of hydrogen-bond acceptors (Lipinski definition) is 3. The monoisotopic (exact) mass is 235 g/mol. The maximum absolute atomic E-state index is 11.8. The number of ether oxygens (including phenoxy) is 1. The third-order valence-corrected chi connectivity index (χ3v) is 3.38. The topological polar surface area (TPSA) is 52.3 Å². The predicted octanol–water partition coefficient (Wildman–Crippen LogP) is 3.10. The van der Waals surface area contributed by atoms with Crippen molar-refractivity contribution in [2.24, 2.45) is 0 Å². The lowest BCUT2D eigenvalue weighted by atomic mass is 9.86. The molecule has 0 unspecified atom stereocenters. The maximum Gasteiger partial charge on any atom is 0.338 e. The predicted molar refractivity (Wildman–Crippen MR) is 70.5 cm³/mol. The zero-order valence-electron chi connectivity index (χ0n) is 11.5. The lowest BCUT2D eigenvalue weighted by Gasteiger charge is -2.21. The number of carbonyl (C=O) groups is 1. The molecule has 0 fully saturated rings. The Labute approximate surface area is 103 Å². The third-order valence-electron chi connectivity index (χ3n) is 3.38. The van der Waals surface area contributed by atoms with Gasteiger partial charge < -0.3 is 10.5 Å². The minimum absolute atomic E-state index is 0.287. The Hall–Kier alpha value is -1.51. The van der Waals surface area contributed by atoms with Gasteiger partial charge in [-0.3, -0.25) is 0 Å². The molecular weight excluding hydrogens is 214 g/mol. The Morgan fingerprint density at radius 2 is 1.65 bits per heavy atom. The van der Waals surface area contributed by atoms with Crippen LogP contribution in [0.1, 0.15) is 52.4 Å². The van der Waals surface area contributed by atoms with Crippen LogP contribution in [-0.4, -0.2) is 13.1 Å². The molecule has 1 rings (SSSR count). The third kappa shape index (κ3) is 2.14. The minimum Gasteiger partial charge on any atom is -0.465 e. The Morgan fingerprint density at radius 1 is 1.12 bits per heavy atom. The molecule has 17 heavy (non-hydrogen) atoms. The zero-order valence-corrected chi connectivity index (χ0v) is 11.5. The number of anilines is 1. The van der Waals surface area contributed by atoms with Gasteiger partial charge in [-0.1, -0.05) is 13.8 Å². The van der Waals surface area contributed by atoms with Crippen LogP contribution >= 0.6 is 0 Å². The first-order chi connectivity index (χ1) is 7.82. The first-order valence-electron chi connectivity index (χ1n) is 5.80. The van der Waals surface area contributed by atoms with E-state index in [1.165, 1.54) is 7.11 Å². The van der Waals surface area contributed by atoms with E-state index in [0.717, 1.165) is 27.9 Å². The Kier molecular flexibility index (Phi) is 3.81. The van der Waals surface area contributed by atoms with Gasteiger partial charge in [-0.2, -0.15) is 0 Å². The van der Waals surface area contributed by atoms with E-state index in [1.54, 1.807) is 0 Å². The van der Waals surface area contributed by atoms with Gasteiger partial charge in [-0.05, 0) is 48.9 Å². The van der Waals surface area contributed by atoms with E-state index in [2.05, 4.69) is 13.8 Å². The normalized spacial score (nSPS) is 10.8. The summed E-state index contributed by atoms with van der Waals surface area (Å²) in [5, 5.41) is 0. The van der Waals surface area contributed by atoms with Gasteiger partial charge in [0.15, 0.2) is 0 Å². The van der Waals surface area contributed by atoms with E-state index in [1.807, 2.05) is 20.8 Å². The van der Waals surface area contributed by atoms with Crippen LogP contribution in [0.25, 0.3) is 0 Å². The average molecular weight is 235 g/mol. The summed E-state index contributed by atoms with van der Waals surface area (Å²) in [6.07, 6.45) is 0. The quantitative estimate of drug-likeness (QED) is 0.633. The highest BCUT2D eigenvalue weighted by molar-refractivity contribution is 5.94. The molecule has 3 nitrogen and oxygen atoms in total. The van der Waals surface area contributed by atoms with Crippen molar-refractivity contribution in [3.05, 3.63) is 27.8 Å². The van der Waals surface area contributed by atoms with Crippen molar-refractivity contribution in [3.63, 3.8) is 0 Å². The second-order valence-electron chi connectivity index (χ2n) is 4.72. The van der Waals surface area contributed by atoms with Crippen LogP contribution in [0.4, 0.5) is 5.69 Å². The van der Waals surface area contributed by atoms with Crippen LogP contribution in [0.5, 0.6) is 0 Å². The van der Waals surface area contributed by atoms with E-state index in [4.69, 9.17) is 10.5 Å². The van der Waals surface area contributed by atoms with Crippen molar-refractivity contribution in [1.29, 1.82) is 0 Å². The van der Waals surface area contributed by atoms with E-state index in [-0.39, 0.29) is 11.9 Å². The summed E-state index contributed by atoms with van der Waals surface area (Å²) in [4.78, 5) is 11.8. The first kappa shape index (κ1) is 13.6. The molecule has 0 atom stereocenters. The fourth-order valence-corrected chi connectivity index (χ4v) is 2.36. The molecule has 0 saturated heterocycles. The van der Waals surface area contributed by atoms with Gasteiger partial charge in [-0.15, -0.1) is 0 Å². The zero-order chi connectivity index (χ0) is 13.3. The van der Waals surface area contributed by atoms with Gasteiger partial charge in [0.2, 0.25) is 0 Å². The highest BCUT2D eigenvalue weighted by Crippen LogP contribution is 2.34. The number of nitrogen functional groups attached to an aromatic ring is 1. The van der Waals surface area contributed by atoms with Gasteiger partial charge in [0.05, 0.1) is 12.7 Å². The van der Waals surface area contributed by atoms with Crippen LogP contribution in [0, 0.1) is 20.8 Å². The number of hydrogen-bond donors (Lipinski definition) is 1. The van der Waals surface area contributed by atoms with Crippen LogP contribution in [-0.2, 0) is 4.74 Å². The highest BCUT2D eigenvalue weighted by atomic mass is 16.5.